The van der Waals surface area contributed by atoms with Crippen LogP contribution in [0.1, 0.15) is 29.7 Å². The lowest BCUT2D eigenvalue weighted by Gasteiger charge is -2.15. The highest BCUT2D eigenvalue weighted by Gasteiger charge is 2.27. The van der Waals surface area contributed by atoms with Crippen molar-refractivity contribution >= 4 is 33.3 Å². The molecule has 0 spiro atoms. The fourth-order valence-corrected chi connectivity index (χ4v) is 4.61. The van der Waals surface area contributed by atoms with Crippen LogP contribution in [0.15, 0.2) is 77.7 Å². The molecule has 152 valence electrons. The third kappa shape index (κ3) is 3.85. The van der Waals surface area contributed by atoms with Crippen LogP contribution in [-0.2, 0) is 14.8 Å². The van der Waals surface area contributed by atoms with Crippen molar-refractivity contribution in [3.05, 3.63) is 89.5 Å². The van der Waals surface area contributed by atoms with Crippen molar-refractivity contribution in [2.75, 3.05) is 5.32 Å². The van der Waals surface area contributed by atoms with Gasteiger partial charge in [-0.05, 0) is 42.8 Å². The molecule has 0 fully saturated rings. The van der Waals surface area contributed by atoms with Gasteiger partial charge in [0.2, 0.25) is 10.0 Å². The van der Waals surface area contributed by atoms with Gasteiger partial charge >= 0.3 is 0 Å². The largest absolute Gasteiger partial charge is 0.507 e. The number of anilines is 1. The minimum Gasteiger partial charge on any atom is -0.507 e. The Kier molecular flexibility index (Phi) is 5.15. The number of para-hydroxylation sites is 1. The first-order valence-corrected chi connectivity index (χ1v) is 10.9. The average molecular weight is 420 g/mol. The van der Waals surface area contributed by atoms with Gasteiger partial charge in [-0.2, -0.15) is 0 Å². The summed E-state index contributed by atoms with van der Waals surface area (Å²) in [6, 6.07) is 20.0. The maximum absolute atomic E-state index is 12.9. The summed E-state index contributed by atoms with van der Waals surface area (Å²) in [4.78, 5) is 12.5. The van der Waals surface area contributed by atoms with E-state index in [4.69, 9.17) is 0 Å². The molecule has 1 aliphatic rings. The van der Waals surface area contributed by atoms with Crippen LogP contribution in [0.4, 0.5) is 5.69 Å². The molecule has 0 aromatic heterocycles. The van der Waals surface area contributed by atoms with Gasteiger partial charge in [-0.1, -0.05) is 48.5 Å². The van der Waals surface area contributed by atoms with Crippen LogP contribution in [0, 0.1) is 0 Å². The lowest BCUT2D eigenvalue weighted by molar-refractivity contribution is -0.110. The number of phenolic OH excluding ortho intramolecular Hbond substituents is 1. The Morgan fingerprint density at radius 3 is 2.43 bits per heavy atom. The number of amides is 1. The molecule has 3 aromatic rings. The van der Waals surface area contributed by atoms with Crippen molar-refractivity contribution in [3.8, 4) is 5.75 Å². The van der Waals surface area contributed by atoms with Crippen molar-refractivity contribution in [1.29, 1.82) is 0 Å². The lowest BCUT2D eigenvalue weighted by atomic mass is 10.0. The molecule has 6 nitrogen and oxygen atoms in total. The van der Waals surface area contributed by atoms with Crippen molar-refractivity contribution in [2.45, 2.75) is 17.9 Å². The summed E-state index contributed by atoms with van der Waals surface area (Å²) < 4.78 is 28.6. The van der Waals surface area contributed by atoms with Crippen molar-refractivity contribution in [1.82, 2.24) is 4.72 Å². The highest BCUT2D eigenvalue weighted by atomic mass is 32.2. The molecule has 0 saturated heterocycles. The highest BCUT2D eigenvalue weighted by Crippen LogP contribution is 2.36. The molecule has 1 unspecified atom stereocenters. The second kappa shape index (κ2) is 7.78. The van der Waals surface area contributed by atoms with Gasteiger partial charge in [-0.3, -0.25) is 4.79 Å². The van der Waals surface area contributed by atoms with Crippen LogP contribution in [0.25, 0.3) is 11.6 Å². The number of rotatable bonds is 5. The summed E-state index contributed by atoms with van der Waals surface area (Å²) in [6.45, 7) is 1.77. The molecule has 3 N–H and O–H groups in total. The topological polar surface area (TPSA) is 95.5 Å². The van der Waals surface area contributed by atoms with E-state index in [0.717, 1.165) is 5.56 Å². The molecular weight excluding hydrogens is 400 g/mol. The third-order valence-corrected chi connectivity index (χ3v) is 6.49. The SMILES string of the molecule is CC(NS(=O)(=O)c1ccc2c(c1)/C(=C/c1ccccc1O)C(=O)N2)c1ccccc1. The van der Waals surface area contributed by atoms with E-state index in [9.17, 15) is 18.3 Å². The number of phenols is 1. The monoisotopic (exact) mass is 420 g/mol. The van der Waals surface area contributed by atoms with Crippen LogP contribution >= 0.6 is 0 Å². The maximum Gasteiger partial charge on any atom is 0.256 e. The van der Waals surface area contributed by atoms with Crippen LogP contribution in [0.5, 0.6) is 5.75 Å². The Morgan fingerprint density at radius 2 is 1.70 bits per heavy atom. The predicted molar refractivity (Wildman–Crippen MR) is 116 cm³/mol. The average Bonchev–Trinajstić information content (AvgIpc) is 3.04. The van der Waals surface area contributed by atoms with Crippen molar-refractivity contribution in [3.63, 3.8) is 0 Å². The Hall–Kier alpha value is -3.42. The van der Waals surface area contributed by atoms with Gasteiger partial charge in [-0.15, -0.1) is 0 Å². The van der Waals surface area contributed by atoms with E-state index in [1.165, 1.54) is 18.2 Å². The number of sulfonamides is 1. The number of fused-ring (bicyclic) bond motifs is 1. The van der Waals surface area contributed by atoms with Gasteiger partial charge in [0.1, 0.15) is 5.75 Å². The normalized spacial score (nSPS) is 15.6. The predicted octanol–water partition coefficient (Wildman–Crippen LogP) is 3.92. The first kappa shape index (κ1) is 19.9. The number of nitrogens with one attached hydrogen (secondary N) is 2. The Balaban J connectivity index is 1.69. The molecule has 0 radical (unpaired) electrons. The fourth-order valence-electron chi connectivity index (χ4n) is 3.35. The van der Waals surface area contributed by atoms with Crippen molar-refractivity contribution < 1.29 is 18.3 Å². The lowest BCUT2D eigenvalue weighted by Crippen LogP contribution is -2.26. The zero-order valence-electron chi connectivity index (χ0n) is 16.2. The zero-order chi connectivity index (χ0) is 21.3. The fraction of sp³-hybridized carbons (Fsp3) is 0.0870. The molecule has 3 aromatic carbocycles. The highest BCUT2D eigenvalue weighted by molar-refractivity contribution is 7.89. The molecule has 4 rings (SSSR count). The van der Waals surface area contributed by atoms with E-state index in [-0.39, 0.29) is 16.6 Å². The van der Waals surface area contributed by atoms with Gasteiger partial charge in [-0.25, -0.2) is 13.1 Å². The molecule has 30 heavy (non-hydrogen) atoms. The summed E-state index contributed by atoms with van der Waals surface area (Å²) in [5, 5.41) is 12.7. The van der Waals surface area contributed by atoms with Crippen molar-refractivity contribution in [2.24, 2.45) is 0 Å². The maximum atomic E-state index is 12.9. The third-order valence-electron chi connectivity index (χ3n) is 4.95. The molecule has 0 bridgehead atoms. The molecule has 0 saturated carbocycles. The zero-order valence-corrected chi connectivity index (χ0v) is 17.0. The second-order valence-electron chi connectivity index (χ2n) is 7.03. The van der Waals surface area contributed by atoms with Crippen LogP contribution < -0.4 is 10.0 Å². The first-order chi connectivity index (χ1) is 14.3. The van der Waals surface area contributed by atoms with E-state index in [2.05, 4.69) is 10.0 Å². The van der Waals surface area contributed by atoms with Crippen LogP contribution in [0.3, 0.4) is 0 Å². The summed E-state index contributed by atoms with van der Waals surface area (Å²) in [5.74, 6) is -0.318. The minimum absolute atomic E-state index is 0.0355. The molecule has 0 aliphatic carbocycles. The smallest absolute Gasteiger partial charge is 0.256 e. The number of carbonyl (C=O) groups excluding carboxylic acids is 1. The number of carbonyl (C=O) groups is 1. The van der Waals surface area contributed by atoms with E-state index in [1.807, 2.05) is 30.3 Å². The quantitative estimate of drug-likeness (QED) is 0.545. The Morgan fingerprint density at radius 1 is 1.00 bits per heavy atom. The second-order valence-corrected chi connectivity index (χ2v) is 8.75. The molecule has 1 atom stereocenters. The van der Waals surface area contributed by atoms with E-state index in [1.54, 1.807) is 37.3 Å². The molecule has 1 heterocycles. The van der Waals surface area contributed by atoms with Gasteiger partial charge in [0.05, 0.1) is 4.90 Å². The number of benzene rings is 3. The standard InChI is InChI=1S/C23H20N2O4S/c1-15(16-7-3-2-4-8-16)25-30(28,29)18-11-12-21-19(14-18)20(23(27)24-21)13-17-9-5-6-10-22(17)26/h2-15,25-26H,1H3,(H,24,27)/b20-13-. The summed E-state index contributed by atoms with van der Waals surface area (Å²) >= 11 is 0. The number of hydrogen-bond donors (Lipinski definition) is 3. The van der Waals surface area contributed by atoms with Gasteiger partial charge < -0.3 is 10.4 Å². The van der Waals surface area contributed by atoms with Gasteiger partial charge in [0.25, 0.3) is 5.91 Å². The molecular formula is C23H20N2O4S. The summed E-state index contributed by atoms with van der Waals surface area (Å²) in [7, 11) is -3.82. The summed E-state index contributed by atoms with van der Waals surface area (Å²) in [6.07, 6.45) is 1.55. The number of aromatic hydroxyl groups is 1. The first-order valence-electron chi connectivity index (χ1n) is 9.38. The van der Waals surface area contributed by atoms with Gasteiger partial charge in [0.15, 0.2) is 0 Å². The summed E-state index contributed by atoms with van der Waals surface area (Å²) in [5.41, 5.74) is 2.61. The Labute approximate surface area is 174 Å². The molecule has 7 heteroatoms. The number of hydrogen-bond acceptors (Lipinski definition) is 4. The molecule has 1 amide bonds. The Bertz CT molecular complexity index is 1250. The van der Waals surface area contributed by atoms with E-state index < -0.39 is 16.1 Å². The molecule has 1 aliphatic heterocycles. The van der Waals surface area contributed by atoms with E-state index in [0.29, 0.717) is 22.4 Å². The van der Waals surface area contributed by atoms with E-state index >= 15 is 0 Å². The van der Waals surface area contributed by atoms with Crippen LogP contribution in [0.2, 0.25) is 0 Å². The minimum atomic E-state index is -3.82. The van der Waals surface area contributed by atoms with Crippen LogP contribution in [-0.4, -0.2) is 19.4 Å². The van der Waals surface area contributed by atoms with Gasteiger partial charge in [0, 0.05) is 28.4 Å².